The summed E-state index contributed by atoms with van der Waals surface area (Å²) in [4.78, 5) is 27.2. The minimum atomic E-state index is -0.611. The molecular weight excluding hydrogens is 495 g/mol. The molecule has 0 aromatic heterocycles. The molecule has 1 N–H and O–H groups in total. The van der Waals surface area contributed by atoms with Crippen molar-refractivity contribution in [3.63, 3.8) is 0 Å². The first-order valence-electron chi connectivity index (χ1n) is 10.1. The van der Waals surface area contributed by atoms with Crippen LogP contribution in [0.2, 0.25) is 10.0 Å². The van der Waals surface area contributed by atoms with Gasteiger partial charge in [-0.1, -0.05) is 35.3 Å². The zero-order valence-electron chi connectivity index (χ0n) is 17.9. The van der Waals surface area contributed by atoms with Crippen molar-refractivity contribution in [3.8, 4) is 11.5 Å². The molecule has 9 heteroatoms. The average Bonchev–Trinajstić information content (AvgIpc) is 2.81. The third-order valence-corrected chi connectivity index (χ3v) is 5.74. The first-order valence-corrected chi connectivity index (χ1v) is 11.2. The summed E-state index contributed by atoms with van der Waals surface area (Å²) in [6.07, 6.45) is 1.44. The van der Waals surface area contributed by atoms with E-state index >= 15 is 0 Å². The number of hydrogen-bond acceptors (Lipinski definition) is 5. The SMILES string of the molecule is COc1ccc(N2C(=O)/C(=C/c3cc(Cl)ccc3OCc3cccc(Cl)c3)C(=O)NC2=S)cc1. The molecule has 2 amide bonds. The first-order chi connectivity index (χ1) is 16.4. The minimum absolute atomic E-state index is 0.0131. The Labute approximate surface area is 211 Å². The summed E-state index contributed by atoms with van der Waals surface area (Å²) in [5, 5.41) is 3.57. The van der Waals surface area contributed by atoms with Crippen molar-refractivity contribution < 1.29 is 19.1 Å². The molecular formula is C25H18Cl2N2O4S. The van der Waals surface area contributed by atoms with Crippen molar-refractivity contribution in [1.29, 1.82) is 0 Å². The van der Waals surface area contributed by atoms with Crippen LogP contribution in [0.5, 0.6) is 11.5 Å². The number of carbonyl (C=O) groups is 2. The van der Waals surface area contributed by atoms with Gasteiger partial charge in [-0.3, -0.25) is 19.8 Å². The standard InChI is InChI=1S/C25H18Cl2N2O4S/c1-32-20-8-6-19(7-9-20)29-24(31)21(23(30)28-25(29)34)13-16-12-18(27)5-10-22(16)33-14-15-3-2-4-17(26)11-15/h2-13H,14H2,1H3,(H,28,30,34)/b21-13+. The molecule has 4 rings (SSSR count). The molecule has 0 atom stereocenters. The van der Waals surface area contributed by atoms with Crippen molar-refractivity contribution in [2.45, 2.75) is 6.61 Å². The summed E-state index contributed by atoms with van der Waals surface area (Å²) >= 11 is 17.5. The van der Waals surface area contributed by atoms with Crippen LogP contribution in [0.1, 0.15) is 11.1 Å². The Morgan fingerprint density at radius 2 is 1.74 bits per heavy atom. The highest BCUT2D eigenvalue weighted by Gasteiger charge is 2.34. The molecule has 6 nitrogen and oxygen atoms in total. The summed E-state index contributed by atoms with van der Waals surface area (Å²) in [5.74, 6) is -0.110. The van der Waals surface area contributed by atoms with Crippen molar-refractivity contribution >= 4 is 64.1 Å². The highest BCUT2D eigenvalue weighted by molar-refractivity contribution is 7.80. The van der Waals surface area contributed by atoms with E-state index in [1.54, 1.807) is 61.7 Å². The number of nitrogens with one attached hydrogen (secondary N) is 1. The number of anilines is 1. The van der Waals surface area contributed by atoms with Gasteiger partial charge in [0, 0.05) is 15.6 Å². The normalized spacial score (nSPS) is 14.9. The van der Waals surface area contributed by atoms with Crippen LogP contribution in [0.4, 0.5) is 5.69 Å². The number of carbonyl (C=O) groups excluding carboxylic acids is 2. The van der Waals surface area contributed by atoms with Crippen LogP contribution in [0.3, 0.4) is 0 Å². The smallest absolute Gasteiger partial charge is 0.270 e. The number of amides is 2. The van der Waals surface area contributed by atoms with Gasteiger partial charge in [0.15, 0.2) is 5.11 Å². The van der Waals surface area contributed by atoms with Gasteiger partial charge in [0.1, 0.15) is 23.7 Å². The Morgan fingerprint density at radius 3 is 2.44 bits per heavy atom. The quantitative estimate of drug-likeness (QED) is 0.271. The summed E-state index contributed by atoms with van der Waals surface area (Å²) in [6.45, 7) is 0.237. The van der Waals surface area contributed by atoms with Crippen LogP contribution in [0, 0.1) is 0 Å². The number of nitrogens with zero attached hydrogens (tertiary/aromatic N) is 1. The van der Waals surface area contributed by atoms with Crippen LogP contribution in [0.25, 0.3) is 6.08 Å². The first kappa shape index (κ1) is 23.8. The molecule has 0 unspecified atom stereocenters. The molecule has 34 heavy (non-hydrogen) atoms. The van der Waals surface area contributed by atoms with Crippen LogP contribution in [0.15, 0.2) is 72.3 Å². The summed E-state index contributed by atoms with van der Waals surface area (Å²) < 4.78 is 11.1. The molecule has 1 aliphatic rings. The van der Waals surface area contributed by atoms with E-state index in [4.69, 9.17) is 44.9 Å². The summed E-state index contributed by atoms with van der Waals surface area (Å²) in [6, 6.07) is 19.0. The van der Waals surface area contributed by atoms with E-state index < -0.39 is 11.8 Å². The van der Waals surface area contributed by atoms with Gasteiger partial charge in [0.05, 0.1) is 12.8 Å². The Morgan fingerprint density at radius 1 is 1.00 bits per heavy atom. The molecule has 3 aromatic rings. The van der Waals surface area contributed by atoms with Gasteiger partial charge >= 0.3 is 0 Å². The van der Waals surface area contributed by atoms with E-state index in [2.05, 4.69) is 5.32 Å². The van der Waals surface area contributed by atoms with Gasteiger partial charge in [0.25, 0.3) is 11.8 Å². The number of rotatable bonds is 6. The van der Waals surface area contributed by atoms with Gasteiger partial charge in [-0.15, -0.1) is 0 Å². The summed E-state index contributed by atoms with van der Waals surface area (Å²) in [5.41, 5.74) is 1.71. The second-order valence-corrected chi connectivity index (χ2v) is 8.52. The number of hydrogen-bond donors (Lipinski definition) is 1. The van der Waals surface area contributed by atoms with E-state index in [-0.39, 0.29) is 17.3 Å². The fraction of sp³-hybridized carbons (Fsp3) is 0.0800. The number of methoxy groups -OCH3 is 1. The van der Waals surface area contributed by atoms with E-state index in [0.29, 0.717) is 32.8 Å². The molecule has 0 aliphatic carbocycles. The van der Waals surface area contributed by atoms with E-state index in [0.717, 1.165) is 5.56 Å². The highest BCUT2D eigenvalue weighted by atomic mass is 35.5. The van der Waals surface area contributed by atoms with Crippen molar-refractivity contribution in [1.82, 2.24) is 5.32 Å². The molecule has 0 spiro atoms. The van der Waals surface area contributed by atoms with Crippen LogP contribution in [-0.4, -0.2) is 24.0 Å². The maximum absolute atomic E-state index is 13.3. The van der Waals surface area contributed by atoms with Crippen LogP contribution in [-0.2, 0) is 16.2 Å². The van der Waals surface area contributed by atoms with E-state index in [1.165, 1.54) is 11.0 Å². The minimum Gasteiger partial charge on any atom is -0.497 e. The van der Waals surface area contributed by atoms with Gasteiger partial charge in [-0.2, -0.15) is 0 Å². The summed E-state index contributed by atoms with van der Waals surface area (Å²) in [7, 11) is 1.55. The zero-order chi connectivity index (χ0) is 24.2. The number of thiocarbonyl (C=S) groups is 1. The number of ether oxygens (including phenoxy) is 2. The molecule has 3 aromatic carbocycles. The third kappa shape index (κ3) is 5.22. The second kappa shape index (κ2) is 10.3. The maximum atomic E-state index is 13.3. The lowest BCUT2D eigenvalue weighted by Crippen LogP contribution is -2.54. The van der Waals surface area contributed by atoms with Crippen molar-refractivity contribution in [2.75, 3.05) is 12.0 Å². The van der Waals surface area contributed by atoms with Gasteiger partial charge < -0.3 is 9.47 Å². The molecule has 1 fully saturated rings. The topological polar surface area (TPSA) is 67.9 Å². The third-order valence-electron chi connectivity index (χ3n) is 4.99. The Hall–Kier alpha value is -3.39. The van der Waals surface area contributed by atoms with Gasteiger partial charge in [0.2, 0.25) is 0 Å². The lowest BCUT2D eigenvalue weighted by molar-refractivity contribution is -0.122. The predicted molar refractivity (Wildman–Crippen MR) is 136 cm³/mol. The Balaban J connectivity index is 1.66. The molecule has 0 saturated carbocycles. The lowest BCUT2D eigenvalue weighted by atomic mass is 10.1. The van der Waals surface area contributed by atoms with Crippen molar-refractivity contribution in [3.05, 3.63) is 93.5 Å². The van der Waals surface area contributed by atoms with Crippen molar-refractivity contribution in [2.24, 2.45) is 0 Å². The molecule has 1 heterocycles. The fourth-order valence-corrected chi connectivity index (χ4v) is 4.00. The fourth-order valence-electron chi connectivity index (χ4n) is 3.33. The van der Waals surface area contributed by atoms with Crippen LogP contribution < -0.4 is 19.7 Å². The number of halogens is 2. The second-order valence-electron chi connectivity index (χ2n) is 7.26. The molecule has 1 saturated heterocycles. The maximum Gasteiger partial charge on any atom is 0.270 e. The molecule has 0 bridgehead atoms. The molecule has 1 aliphatic heterocycles. The zero-order valence-corrected chi connectivity index (χ0v) is 20.2. The highest BCUT2D eigenvalue weighted by Crippen LogP contribution is 2.29. The van der Waals surface area contributed by atoms with E-state index in [9.17, 15) is 9.59 Å². The largest absolute Gasteiger partial charge is 0.497 e. The Bertz CT molecular complexity index is 1310. The number of benzene rings is 3. The lowest BCUT2D eigenvalue weighted by Gasteiger charge is -2.29. The van der Waals surface area contributed by atoms with E-state index in [1.807, 2.05) is 12.1 Å². The van der Waals surface area contributed by atoms with Crippen LogP contribution >= 0.6 is 35.4 Å². The van der Waals surface area contributed by atoms with Gasteiger partial charge in [-0.25, -0.2) is 0 Å². The predicted octanol–water partition coefficient (Wildman–Crippen LogP) is 5.41. The average molecular weight is 513 g/mol. The van der Waals surface area contributed by atoms with Gasteiger partial charge in [-0.05, 0) is 78.5 Å². The Kier molecular flexibility index (Phi) is 7.17. The molecule has 172 valence electrons. The monoisotopic (exact) mass is 512 g/mol. The molecule has 0 radical (unpaired) electrons.